The second-order valence-electron chi connectivity index (χ2n) is 4.13. The lowest BCUT2D eigenvalue weighted by molar-refractivity contribution is -0.128. The van der Waals surface area contributed by atoms with Crippen LogP contribution in [0.2, 0.25) is 5.02 Å². The Kier molecular flexibility index (Phi) is 4.01. The molecule has 0 unspecified atom stereocenters. The zero-order valence-corrected chi connectivity index (χ0v) is 10.7. The van der Waals surface area contributed by atoms with Crippen LogP contribution in [-0.4, -0.2) is 17.7 Å². The molecule has 1 fully saturated rings. The molecule has 3 N–H and O–H groups in total. The van der Waals surface area contributed by atoms with Gasteiger partial charge < -0.3 is 5.32 Å². The van der Waals surface area contributed by atoms with Crippen LogP contribution in [-0.2, 0) is 14.4 Å². The Balaban J connectivity index is 1.85. The first-order chi connectivity index (χ1) is 9.06. The van der Waals surface area contributed by atoms with Crippen LogP contribution in [0.15, 0.2) is 24.3 Å². The van der Waals surface area contributed by atoms with Gasteiger partial charge in [0.25, 0.3) is 11.8 Å². The molecule has 0 spiro atoms. The highest BCUT2D eigenvalue weighted by Crippen LogP contribution is 2.16. The molecule has 0 saturated carbocycles. The monoisotopic (exact) mass is 281 g/mol. The molecule has 1 aliphatic heterocycles. The van der Waals surface area contributed by atoms with Gasteiger partial charge in [0.2, 0.25) is 5.91 Å². The third kappa shape index (κ3) is 3.45. The fourth-order valence-electron chi connectivity index (χ4n) is 1.74. The van der Waals surface area contributed by atoms with Crippen LogP contribution in [0, 0.1) is 5.92 Å². The maximum atomic E-state index is 11.7. The second kappa shape index (κ2) is 5.71. The fourth-order valence-corrected chi connectivity index (χ4v) is 1.93. The summed E-state index contributed by atoms with van der Waals surface area (Å²) in [6.45, 7) is 0. The zero-order valence-electron chi connectivity index (χ0n) is 9.90. The molecule has 0 bridgehead atoms. The molecule has 0 atom stereocenters. The Morgan fingerprint density at radius 1 is 1.26 bits per heavy atom. The van der Waals surface area contributed by atoms with Gasteiger partial charge in [0.15, 0.2) is 0 Å². The summed E-state index contributed by atoms with van der Waals surface area (Å²) in [6, 6.07) is 6.74. The largest absolute Gasteiger partial charge is 0.326 e. The Labute approximate surface area is 114 Å². The van der Waals surface area contributed by atoms with Gasteiger partial charge in [-0.1, -0.05) is 17.7 Å². The predicted octanol–water partition coefficient (Wildman–Crippen LogP) is 0.836. The first kappa shape index (κ1) is 13.4. The first-order valence-corrected chi connectivity index (χ1v) is 6.09. The van der Waals surface area contributed by atoms with Crippen LogP contribution in [0.4, 0.5) is 5.69 Å². The molecule has 1 aliphatic rings. The molecule has 2 rings (SSSR count). The number of rotatable bonds is 4. The van der Waals surface area contributed by atoms with E-state index in [4.69, 9.17) is 11.6 Å². The molecule has 6 nitrogen and oxygen atoms in total. The van der Waals surface area contributed by atoms with Gasteiger partial charge >= 0.3 is 0 Å². The van der Waals surface area contributed by atoms with E-state index < -0.39 is 17.7 Å². The second-order valence-corrected chi connectivity index (χ2v) is 4.56. The van der Waals surface area contributed by atoms with E-state index >= 15 is 0 Å². The van der Waals surface area contributed by atoms with E-state index in [2.05, 4.69) is 16.2 Å². The summed E-state index contributed by atoms with van der Waals surface area (Å²) in [7, 11) is 0. The van der Waals surface area contributed by atoms with Crippen LogP contribution < -0.4 is 16.2 Å². The van der Waals surface area contributed by atoms with Gasteiger partial charge in [-0.25, -0.2) is 0 Å². The lowest BCUT2D eigenvalue weighted by atomic mass is 10.0. The van der Waals surface area contributed by atoms with Crippen molar-refractivity contribution in [3.63, 3.8) is 0 Å². The van der Waals surface area contributed by atoms with Gasteiger partial charge in [0.05, 0.1) is 0 Å². The van der Waals surface area contributed by atoms with E-state index in [9.17, 15) is 14.4 Å². The van der Waals surface area contributed by atoms with E-state index in [1.165, 1.54) is 0 Å². The van der Waals surface area contributed by atoms with Crippen LogP contribution in [0.5, 0.6) is 0 Å². The lowest BCUT2D eigenvalue weighted by Crippen LogP contribution is -2.28. The van der Waals surface area contributed by atoms with Crippen molar-refractivity contribution in [1.82, 2.24) is 10.9 Å². The van der Waals surface area contributed by atoms with Gasteiger partial charge in [-0.3, -0.25) is 25.2 Å². The van der Waals surface area contributed by atoms with Gasteiger partial charge in [-0.2, -0.15) is 0 Å². The molecule has 1 saturated heterocycles. The molecule has 1 aromatic carbocycles. The molecule has 1 heterocycles. The number of hydrogen-bond donors (Lipinski definition) is 3. The number of carbonyl (C=O) groups is 3. The maximum absolute atomic E-state index is 11.7. The van der Waals surface area contributed by atoms with Crippen molar-refractivity contribution >= 4 is 35.0 Å². The van der Waals surface area contributed by atoms with Gasteiger partial charge in [-0.15, -0.1) is 0 Å². The molecule has 0 radical (unpaired) electrons. The minimum atomic E-state index is -0.801. The van der Waals surface area contributed by atoms with Gasteiger partial charge in [0.1, 0.15) is 5.92 Å². The summed E-state index contributed by atoms with van der Waals surface area (Å²) < 4.78 is 0. The minimum Gasteiger partial charge on any atom is -0.326 e. The molecule has 0 aromatic heterocycles. The van der Waals surface area contributed by atoms with E-state index in [0.29, 0.717) is 10.7 Å². The number of hydrazine groups is 1. The number of carbonyl (C=O) groups excluding carboxylic acids is 3. The summed E-state index contributed by atoms with van der Waals surface area (Å²) >= 11 is 5.79. The van der Waals surface area contributed by atoms with E-state index in [0.717, 1.165) is 0 Å². The van der Waals surface area contributed by atoms with E-state index in [1.807, 2.05) is 0 Å². The Morgan fingerprint density at radius 2 is 1.95 bits per heavy atom. The van der Waals surface area contributed by atoms with Crippen molar-refractivity contribution in [3.8, 4) is 0 Å². The summed E-state index contributed by atoms with van der Waals surface area (Å²) in [5, 5.41) is 3.17. The van der Waals surface area contributed by atoms with Crippen molar-refractivity contribution in [3.05, 3.63) is 29.3 Å². The fraction of sp³-hybridized carbons (Fsp3) is 0.250. The number of amides is 3. The molecule has 100 valence electrons. The Bertz CT molecular complexity index is 517. The van der Waals surface area contributed by atoms with Crippen LogP contribution in [0.25, 0.3) is 0 Å². The molecule has 19 heavy (non-hydrogen) atoms. The zero-order chi connectivity index (χ0) is 13.8. The Hall–Kier alpha value is -2.08. The molecular formula is C12H12ClN3O3. The van der Waals surface area contributed by atoms with Crippen molar-refractivity contribution in [1.29, 1.82) is 0 Å². The molecule has 1 aromatic rings. The van der Waals surface area contributed by atoms with E-state index in [1.54, 1.807) is 24.3 Å². The van der Waals surface area contributed by atoms with E-state index in [-0.39, 0.29) is 18.7 Å². The molecule has 0 aliphatic carbocycles. The number of halogens is 1. The number of benzene rings is 1. The first-order valence-electron chi connectivity index (χ1n) is 5.71. The summed E-state index contributed by atoms with van der Waals surface area (Å²) in [4.78, 5) is 34.2. The number of hydrogen-bond acceptors (Lipinski definition) is 3. The lowest BCUT2D eigenvalue weighted by Gasteiger charge is -2.06. The quantitative estimate of drug-likeness (QED) is 0.715. The molecule has 3 amide bonds. The highest BCUT2D eigenvalue weighted by atomic mass is 35.5. The minimum absolute atomic E-state index is 0.0814. The summed E-state index contributed by atoms with van der Waals surface area (Å²) in [5.41, 5.74) is 5.01. The van der Waals surface area contributed by atoms with Crippen molar-refractivity contribution in [2.24, 2.45) is 5.92 Å². The third-order valence-corrected chi connectivity index (χ3v) is 2.95. The van der Waals surface area contributed by atoms with Crippen molar-refractivity contribution in [2.45, 2.75) is 12.8 Å². The van der Waals surface area contributed by atoms with Gasteiger partial charge in [0, 0.05) is 17.1 Å². The standard InChI is InChI=1S/C12H12ClN3O3/c13-7-2-1-3-8(6-7)14-10(17)5-4-9-11(18)15-16-12(9)19/h1-3,6,9H,4-5H2,(H,14,17)(H,15,18)(H,16,19). The smallest absolute Gasteiger partial charge is 0.251 e. The number of anilines is 1. The van der Waals surface area contributed by atoms with Crippen LogP contribution >= 0.6 is 11.6 Å². The third-order valence-electron chi connectivity index (χ3n) is 2.71. The topological polar surface area (TPSA) is 87.3 Å². The average molecular weight is 282 g/mol. The average Bonchev–Trinajstić information content (AvgIpc) is 2.67. The molecule has 7 heteroatoms. The normalized spacial score (nSPS) is 15.0. The highest BCUT2D eigenvalue weighted by molar-refractivity contribution is 6.30. The summed E-state index contributed by atoms with van der Waals surface area (Å²) in [6.07, 6.45) is 0.252. The van der Waals surface area contributed by atoms with Crippen molar-refractivity contribution < 1.29 is 14.4 Å². The van der Waals surface area contributed by atoms with Gasteiger partial charge in [-0.05, 0) is 24.6 Å². The van der Waals surface area contributed by atoms with Crippen LogP contribution in [0.1, 0.15) is 12.8 Å². The SMILES string of the molecule is O=C(CCC1C(=O)NNC1=O)Nc1cccc(Cl)c1. The molecular weight excluding hydrogens is 270 g/mol. The van der Waals surface area contributed by atoms with Crippen LogP contribution in [0.3, 0.4) is 0 Å². The highest BCUT2D eigenvalue weighted by Gasteiger charge is 2.32. The maximum Gasteiger partial charge on any atom is 0.251 e. The summed E-state index contributed by atoms with van der Waals surface area (Å²) in [5.74, 6) is -1.87. The predicted molar refractivity (Wildman–Crippen MR) is 69.1 cm³/mol. The van der Waals surface area contributed by atoms with Crippen molar-refractivity contribution in [2.75, 3.05) is 5.32 Å². The number of nitrogens with one attached hydrogen (secondary N) is 3. The Morgan fingerprint density at radius 3 is 2.58 bits per heavy atom.